The van der Waals surface area contributed by atoms with E-state index in [9.17, 15) is 9.90 Å². The molecular weight excluding hydrogens is 206 g/mol. The predicted octanol–water partition coefficient (Wildman–Crippen LogP) is 0.638. The third-order valence-electron chi connectivity index (χ3n) is 2.68. The lowest BCUT2D eigenvalue weighted by atomic mass is 9.88. The zero-order valence-corrected chi connectivity index (χ0v) is 9.21. The first-order valence-electron chi connectivity index (χ1n) is 5.22. The molecule has 0 saturated carbocycles. The van der Waals surface area contributed by atoms with Gasteiger partial charge in [0.2, 0.25) is 0 Å². The standard InChI is InChI=1S/C12H17NO3/c1-8(14)10(11(13)12(15)16)7-9-5-3-2-4-6-9/h2-6,8,10-11,14H,7,13H2,1H3,(H,15,16)/t8-,10+,11-/m0/s1. The first-order chi connectivity index (χ1) is 7.52. The Labute approximate surface area is 94.7 Å². The van der Waals surface area contributed by atoms with E-state index in [0.717, 1.165) is 5.56 Å². The molecule has 0 aliphatic heterocycles. The molecule has 0 aromatic heterocycles. The van der Waals surface area contributed by atoms with Crippen LogP contribution in [0.1, 0.15) is 12.5 Å². The number of nitrogens with two attached hydrogens (primary N) is 1. The van der Waals surface area contributed by atoms with Crippen LogP contribution in [-0.4, -0.2) is 28.3 Å². The summed E-state index contributed by atoms with van der Waals surface area (Å²) < 4.78 is 0. The first kappa shape index (κ1) is 12.7. The number of carboxylic acid groups (broad SMARTS) is 1. The number of hydrogen-bond acceptors (Lipinski definition) is 3. The Morgan fingerprint density at radius 3 is 2.38 bits per heavy atom. The van der Waals surface area contributed by atoms with Crippen molar-refractivity contribution in [1.29, 1.82) is 0 Å². The fraction of sp³-hybridized carbons (Fsp3) is 0.417. The normalized spacial score (nSPS) is 16.4. The summed E-state index contributed by atoms with van der Waals surface area (Å²) in [7, 11) is 0. The van der Waals surface area contributed by atoms with Gasteiger partial charge in [-0.3, -0.25) is 4.79 Å². The minimum atomic E-state index is -1.08. The molecule has 0 heterocycles. The van der Waals surface area contributed by atoms with Gasteiger partial charge in [0, 0.05) is 5.92 Å². The van der Waals surface area contributed by atoms with E-state index in [-0.39, 0.29) is 0 Å². The van der Waals surface area contributed by atoms with Gasteiger partial charge in [-0.2, -0.15) is 0 Å². The maximum atomic E-state index is 10.8. The SMILES string of the molecule is C[C@H](O)[C@@H](Cc1ccccc1)[C@H](N)C(=O)O. The summed E-state index contributed by atoms with van der Waals surface area (Å²) in [6, 6.07) is 8.38. The molecule has 88 valence electrons. The maximum Gasteiger partial charge on any atom is 0.320 e. The average Bonchev–Trinajstić information content (AvgIpc) is 2.26. The van der Waals surface area contributed by atoms with Crippen LogP contribution in [0.4, 0.5) is 0 Å². The summed E-state index contributed by atoms with van der Waals surface area (Å²) in [5.74, 6) is -1.55. The number of benzene rings is 1. The molecule has 0 radical (unpaired) electrons. The van der Waals surface area contributed by atoms with Gasteiger partial charge in [-0.25, -0.2) is 0 Å². The van der Waals surface area contributed by atoms with Gasteiger partial charge in [-0.1, -0.05) is 30.3 Å². The van der Waals surface area contributed by atoms with Crippen LogP contribution in [0.15, 0.2) is 30.3 Å². The highest BCUT2D eigenvalue weighted by Crippen LogP contribution is 2.15. The van der Waals surface area contributed by atoms with Crippen molar-refractivity contribution in [2.75, 3.05) is 0 Å². The van der Waals surface area contributed by atoms with Crippen LogP contribution in [0, 0.1) is 5.92 Å². The van der Waals surface area contributed by atoms with Crippen LogP contribution in [0.25, 0.3) is 0 Å². The Bertz CT molecular complexity index is 337. The minimum absolute atomic E-state index is 0.464. The van der Waals surface area contributed by atoms with Crippen LogP contribution >= 0.6 is 0 Å². The van der Waals surface area contributed by atoms with E-state index >= 15 is 0 Å². The Hall–Kier alpha value is -1.39. The lowest BCUT2D eigenvalue weighted by molar-refractivity contribution is -0.141. The molecule has 1 aromatic carbocycles. The number of carboxylic acids is 1. The minimum Gasteiger partial charge on any atom is -0.480 e. The zero-order valence-electron chi connectivity index (χ0n) is 9.21. The molecule has 0 fully saturated rings. The maximum absolute atomic E-state index is 10.8. The molecule has 0 bridgehead atoms. The smallest absolute Gasteiger partial charge is 0.320 e. The second kappa shape index (κ2) is 5.63. The second-order valence-corrected chi connectivity index (χ2v) is 3.96. The van der Waals surface area contributed by atoms with Gasteiger partial charge in [0.25, 0.3) is 0 Å². The third-order valence-corrected chi connectivity index (χ3v) is 2.68. The monoisotopic (exact) mass is 223 g/mol. The van der Waals surface area contributed by atoms with Crippen molar-refractivity contribution in [3.63, 3.8) is 0 Å². The van der Waals surface area contributed by atoms with Crippen molar-refractivity contribution in [2.24, 2.45) is 11.7 Å². The Morgan fingerprint density at radius 1 is 1.38 bits per heavy atom. The molecule has 16 heavy (non-hydrogen) atoms. The van der Waals surface area contributed by atoms with E-state index in [4.69, 9.17) is 10.8 Å². The quantitative estimate of drug-likeness (QED) is 0.684. The molecule has 0 aliphatic rings. The van der Waals surface area contributed by atoms with Crippen LogP contribution in [0.3, 0.4) is 0 Å². The van der Waals surface area contributed by atoms with Crippen molar-refractivity contribution in [3.05, 3.63) is 35.9 Å². The van der Waals surface area contributed by atoms with Gasteiger partial charge >= 0.3 is 5.97 Å². The van der Waals surface area contributed by atoms with Gasteiger partial charge < -0.3 is 15.9 Å². The fourth-order valence-corrected chi connectivity index (χ4v) is 1.67. The summed E-state index contributed by atoms with van der Waals surface area (Å²) in [5, 5.41) is 18.4. The molecule has 0 amide bonds. The Balaban J connectivity index is 2.77. The number of aliphatic hydroxyl groups is 1. The van der Waals surface area contributed by atoms with Crippen molar-refractivity contribution in [1.82, 2.24) is 0 Å². The number of rotatable bonds is 5. The van der Waals surface area contributed by atoms with E-state index in [1.165, 1.54) is 0 Å². The molecule has 3 atom stereocenters. The lowest BCUT2D eigenvalue weighted by Crippen LogP contribution is -2.44. The molecular formula is C12H17NO3. The number of aliphatic carboxylic acids is 1. The van der Waals surface area contributed by atoms with Crippen molar-refractivity contribution < 1.29 is 15.0 Å². The Morgan fingerprint density at radius 2 is 1.94 bits per heavy atom. The molecule has 0 saturated heterocycles. The highest BCUT2D eigenvalue weighted by atomic mass is 16.4. The molecule has 4 N–H and O–H groups in total. The number of aliphatic hydroxyl groups excluding tert-OH is 1. The molecule has 0 spiro atoms. The summed E-state index contributed by atoms with van der Waals surface area (Å²) >= 11 is 0. The molecule has 1 rings (SSSR count). The van der Waals surface area contributed by atoms with E-state index in [1.54, 1.807) is 6.92 Å². The van der Waals surface area contributed by atoms with Gasteiger partial charge in [0.15, 0.2) is 0 Å². The van der Waals surface area contributed by atoms with E-state index in [2.05, 4.69) is 0 Å². The largest absolute Gasteiger partial charge is 0.480 e. The highest BCUT2D eigenvalue weighted by molar-refractivity contribution is 5.73. The van der Waals surface area contributed by atoms with Crippen molar-refractivity contribution in [3.8, 4) is 0 Å². The Kier molecular flexibility index (Phi) is 4.46. The predicted molar refractivity (Wildman–Crippen MR) is 60.9 cm³/mol. The van der Waals surface area contributed by atoms with Gasteiger partial charge in [-0.15, -0.1) is 0 Å². The van der Waals surface area contributed by atoms with E-state index in [1.807, 2.05) is 30.3 Å². The average molecular weight is 223 g/mol. The van der Waals surface area contributed by atoms with Crippen LogP contribution in [-0.2, 0) is 11.2 Å². The van der Waals surface area contributed by atoms with Gasteiger partial charge in [-0.05, 0) is 18.9 Å². The lowest BCUT2D eigenvalue weighted by Gasteiger charge is -2.23. The number of carbonyl (C=O) groups is 1. The van der Waals surface area contributed by atoms with Crippen LogP contribution in [0.5, 0.6) is 0 Å². The van der Waals surface area contributed by atoms with Crippen molar-refractivity contribution >= 4 is 5.97 Å². The van der Waals surface area contributed by atoms with Crippen LogP contribution in [0.2, 0.25) is 0 Å². The summed E-state index contributed by atoms with van der Waals surface area (Å²) in [4.78, 5) is 10.8. The fourth-order valence-electron chi connectivity index (χ4n) is 1.67. The molecule has 4 nitrogen and oxygen atoms in total. The summed E-state index contributed by atoms with van der Waals surface area (Å²) in [6.45, 7) is 1.57. The zero-order chi connectivity index (χ0) is 12.1. The molecule has 0 unspecified atom stereocenters. The van der Waals surface area contributed by atoms with E-state index < -0.39 is 24.0 Å². The third kappa shape index (κ3) is 3.32. The summed E-state index contributed by atoms with van der Waals surface area (Å²) in [5.41, 5.74) is 6.53. The van der Waals surface area contributed by atoms with Crippen molar-refractivity contribution in [2.45, 2.75) is 25.5 Å². The molecule has 0 aliphatic carbocycles. The number of hydrogen-bond donors (Lipinski definition) is 3. The summed E-state index contributed by atoms with van der Waals surface area (Å²) in [6.07, 6.45) is -0.280. The molecule has 1 aromatic rings. The molecule has 4 heteroatoms. The second-order valence-electron chi connectivity index (χ2n) is 3.96. The van der Waals surface area contributed by atoms with Gasteiger partial charge in [0.05, 0.1) is 6.10 Å². The van der Waals surface area contributed by atoms with E-state index in [0.29, 0.717) is 6.42 Å². The topological polar surface area (TPSA) is 83.5 Å². The van der Waals surface area contributed by atoms with Gasteiger partial charge in [0.1, 0.15) is 6.04 Å². The van der Waals surface area contributed by atoms with Crippen LogP contribution < -0.4 is 5.73 Å². The first-order valence-corrected chi connectivity index (χ1v) is 5.22. The highest BCUT2D eigenvalue weighted by Gasteiger charge is 2.28.